The predicted molar refractivity (Wildman–Crippen MR) is 52.9 cm³/mol. The van der Waals surface area contributed by atoms with Crippen molar-refractivity contribution >= 4 is 11.7 Å². The molecule has 4 nitrogen and oxygen atoms in total. The number of methoxy groups -OCH3 is 1. The highest BCUT2D eigenvalue weighted by Crippen LogP contribution is 2.09. The lowest BCUT2D eigenvalue weighted by Crippen LogP contribution is -2.34. The SMILES string of the molecule is COC(C)(C)C(=O)/N=C(\C)N(C)C. The van der Waals surface area contributed by atoms with Crippen LogP contribution in [0.25, 0.3) is 0 Å². The second-order valence-corrected chi connectivity index (χ2v) is 3.57. The Kier molecular flexibility index (Phi) is 4.07. The molecule has 1 amide bonds. The molecule has 76 valence electrons. The molecule has 0 unspecified atom stereocenters. The molecule has 0 aliphatic heterocycles. The number of carbonyl (C=O) groups is 1. The molecule has 4 heteroatoms. The number of carbonyl (C=O) groups excluding carboxylic acids is 1. The lowest BCUT2D eigenvalue weighted by Gasteiger charge is -2.19. The van der Waals surface area contributed by atoms with Crippen molar-refractivity contribution in [3.8, 4) is 0 Å². The van der Waals surface area contributed by atoms with Crippen LogP contribution in [-0.4, -0.2) is 43.4 Å². The van der Waals surface area contributed by atoms with Crippen molar-refractivity contribution < 1.29 is 9.53 Å². The molecule has 0 aromatic rings. The van der Waals surface area contributed by atoms with E-state index in [-0.39, 0.29) is 5.91 Å². The molecular weight excluding hydrogens is 168 g/mol. The van der Waals surface area contributed by atoms with Crippen molar-refractivity contribution in [1.82, 2.24) is 4.90 Å². The van der Waals surface area contributed by atoms with Gasteiger partial charge in [-0.2, -0.15) is 4.99 Å². The van der Waals surface area contributed by atoms with E-state index in [9.17, 15) is 4.79 Å². The highest BCUT2D eigenvalue weighted by Gasteiger charge is 2.26. The summed E-state index contributed by atoms with van der Waals surface area (Å²) in [6.45, 7) is 5.17. The minimum absolute atomic E-state index is 0.263. The molecule has 0 rings (SSSR count). The number of hydrogen-bond acceptors (Lipinski definition) is 2. The summed E-state index contributed by atoms with van der Waals surface area (Å²) in [6.07, 6.45) is 0. The molecule has 0 atom stereocenters. The number of aliphatic imine (C=N–C) groups is 1. The van der Waals surface area contributed by atoms with Gasteiger partial charge in [0, 0.05) is 21.2 Å². The first kappa shape index (κ1) is 12.1. The highest BCUT2D eigenvalue weighted by molar-refractivity contribution is 5.96. The molecule has 0 saturated heterocycles. The molecule has 0 spiro atoms. The van der Waals surface area contributed by atoms with Crippen molar-refractivity contribution in [2.45, 2.75) is 26.4 Å². The van der Waals surface area contributed by atoms with Crippen molar-refractivity contribution in [1.29, 1.82) is 0 Å². The highest BCUT2D eigenvalue weighted by atomic mass is 16.5. The Labute approximate surface area is 79.6 Å². The minimum Gasteiger partial charge on any atom is -0.369 e. The Morgan fingerprint density at radius 3 is 2.15 bits per heavy atom. The van der Waals surface area contributed by atoms with Crippen LogP contribution in [0.4, 0.5) is 0 Å². The van der Waals surface area contributed by atoms with Crippen molar-refractivity contribution in [3.05, 3.63) is 0 Å². The number of nitrogens with zero attached hydrogens (tertiary/aromatic N) is 2. The Morgan fingerprint density at radius 1 is 1.38 bits per heavy atom. The van der Waals surface area contributed by atoms with E-state index in [4.69, 9.17) is 4.74 Å². The van der Waals surface area contributed by atoms with Crippen LogP contribution in [0.3, 0.4) is 0 Å². The van der Waals surface area contributed by atoms with E-state index in [1.165, 1.54) is 7.11 Å². The first-order valence-corrected chi connectivity index (χ1v) is 4.13. The van der Waals surface area contributed by atoms with Crippen LogP contribution in [0.15, 0.2) is 4.99 Å². The summed E-state index contributed by atoms with van der Waals surface area (Å²) in [5, 5.41) is 0. The van der Waals surface area contributed by atoms with Gasteiger partial charge in [-0.05, 0) is 20.8 Å². The molecule has 0 radical (unpaired) electrons. The van der Waals surface area contributed by atoms with Crippen LogP contribution in [0.5, 0.6) is 0 Å². The molecule has 0 N–H and O–H groups in total. The third kappa shape index (κ3) is 3.55. The predicted octanol–water partition coefficient (Wildman–Crippen LogP) is 0.918. The fraction of sp³-hybridized carbons (Fsp3) is 0.778. The molecule has 0 fully saturated rings. The summed E-state index contributed by atoms with van der Waals surface area (Å²) in [7, 11) is 5.18. The van der Waals surface area contributed by atoms with Crippen LogP contribution in [0.2, 0.25) is 0 Å². The fourth-order valence-corrected chi connectivity index (χ4v) is 0.469. The van der Waals surface area contributed by atoms with Crippen LogP contribution in [-0.2, 0) is 9.53 Å². The number of rotatable bonds is 2. The third-order valence-corrected chi connectivity index (χ3v) is 1.94. The summed E-state index contributed by atoms with van der Waals surface area (Å²) in [5.41, 5.74) is -0.836. The quantitative estimate of drug-likeness (QED) is 0.475. The van der Waals surface area contributed by atoms with E-state index in [0.29, 0.717) is 5.84 Å². The standard InChI is InChI=1S/C9H18N2O2/c1-7(11(4)5)10-8(12)9(2,3)13-6/h1-6H3/b10-7+. The van der Waals surface area contributed by atoms with Gasteiger partial charge in [0.25, 0.3) is 5.91 Å². The molecule has 0 aromatic heterocycles. The van der Waals surface area contributed by atoms with Gasteiger partial charge in [-0.15, -0.1) is 0 Å². The van der Waals surface area contributed by atoms with Gasteiger partial charge in [0.1, 0.15) is 11.4 Å². The lowest BCUT2D eigenvalue weighted by molar-refractivity contribution is -0.135. The summed E-state index contributed by atoms with van der Waals surface area (Å²) in [4.78, 5) is 17.2. The van der Waals surface area contributed by atoms with E-state index >= 15 is 0 Å². The second-order valence-electron chi connectivity index (χ2n) is 3.57. The largest absolute Gasteiger partial charge is 0.369 e. The average molecular weight is 186 g/mol. The maximum Gasteiger partial charge on any atom is 0.278 e. The summed E-state index contributed by atoms with van der Waals surface area (Å²) in [5.74, 6) is 0.413. The van der Waals surface area contributed by atoms with Crippen LogP contribution < -0.4 is 0 Å². The maximum absolute atomic E-state index is 11.5. The number of ether oxygens (including phenoxy) is 1. The Hall–Kier alpha value is -0.900. The molecule has 0 bridgehead atoms. The number of amidine groups is 1. The van der Waals surface area contributed by atoms with Gasteiger partial charge in [-0.25, -0.2) is 0 Å². The minimum atomic E-state index is -0.836. The smallest absolute Gasteiger partial charge is 0.278 e. The van der Waals surface area contributed by atoms with E-state index in [1.54, 1.807) is 25.7 Å². The van der Waals surface area contributed by atoms with Gasteiger partial charge in [0.05, 0.1) is 0 Å². The normalized spacial score (nSPS) is 12.9. The molecule has 0 aromatic carbocycles. The van der Waals surface area contributed by atoms with Crippen LogP contribution >= 0.6 is 0 Å². The lowest BCUT2D eigenvalue weighted by atomic mass is 10.1. The van der Waals surface area contributed by atoms with Gasteiger partial charge in [-0.3, -0.25) is 4.79 Å². The number of hydrogen-bond donors (Lipinski definition) is 0. The van der Waals surface area contributed by atoms with Gasteiger partial charge < -0.3 is 9.64 Å². The zero-order valence-electron chi connectivity index (χ0n) is 9.21. The second kappa shape index (κ2) is 4.37. The molecule has 13 heavy (non-hydrogen) atoms. The zero-order chi connectivity index (χ0) is 10.6. The first-order valence-electron chi connectivity index (χ1n) is 4.13. The maximum atomic E-state index is 11.5. The molecule has 0 aliphatic carbocycles. The Morgan fingerprint density at radius 2 is 1.85 bits per heavy atom. The first-order chi connectivity index (χ1) is 5.81. The molecule has 0 heterocycles. The zero-order valence-corrected chi connectivity index (χ0v) is 9.21. The monoisotopic (exact) mass is 186 g/mol. The van der Waals surface area contributed by atoms with Gasteiger partial charge in [-0.1, -0.05) is 0 Å². The molecule has 0 aliphatic rings. The summed E-state index contributed by atoms with van der Waals surface area (Å²) in [6, 6.07) is 0. The van der Waals surface area contributed by atoms with E-state index < -0.39 is 5.60 Å². The van der Waals surface area contributed by atoms with Crippen molar-refractivity contribution in [2.75, 3.05) is 21.2 Å². The molecular formula is C9H18N2O2. The van der Waals surface area contributed by atoms with Gasteiger partial charge >= 0.3 is 0 Å². The molecule has 0 saturated carbocycles. The summed E-state index contributed by atoms with van der Waals surface area (Å²) >= 11 is 0. The summed E-state index contributed by atoms with van der Waals surface area (Å²) < 4.78 is 5.00. The van der Waals surface area contributed by atoms with Gasteiger partial charge in [0.2, 0.25) is 0 Å². The van der Waals surface area contributed by atoms with Gasteiger partial charge in [0.15, 0.2) is 0 Å². The Bertz CT molecular complexity index is 220. The topological polar surface area (TPSA) is 41.9 Å². The third-order valence-electron chi connectivity index (χ3n) is 1.94. The van der Waals surface area contributed by atoms with Crippen LogP contribution in [0.1, 0.15) is 20.8 Å². The van der Waals surface area contributed by atoms with E-state index in [2.05, 4.69) is 4.99 Å². The number of amides is 1. The average Bonchev–Trinajstić information content (AvgIpc) is 2.04. The van der Waals surface area contributed by atoms with Crippen molar-refractivity contribution in [2.24, 2.45) is 4.99 Å². The van der Waals surface area contributed by atoms with Crippen molar-refractivity contribution in [3.63, 3.8) is 0 Å². The van der Waals surface area contributed by atoms with E-state index in [0.717, 1.165) is 0 Å². The Balaban J connectivity index is 4.56. The van der Waals surface area contributed by atoms with Crippen LogP contribution in [0, 0.1) is 0 Å². The fourth-order valence-electron chi connectivity index (χ4n) is 0.469. The van der Waals surface area contributed by atoms with E-state index in [1.807, 2.05) is 14.1 Å².